The van der Waals surface area contributed by atoms with E-state index in [-0.39, 0.29) is 0 Å². The summed E-state index contributed by atoms with van der Waals surface area (Å²) in [7, 11) is 1.27. The quantitative estimate of drug-likeness (QED) is 0.844. The number of carbonyl (C=O) groups excluding carboxylic acids is 2. The van der Waals surface area contributed by atoms with E-state index in [9.17, 15) is 9.59 Å². The monoisotopic (exact) mass is 354 g/mol. The SMILES string of the molecule is COC(=O)Nc1cccc(C(N)=O)c1C.Clc1cccc(Cl)c1. The average Bonchev–Trinajstić information content (AvgIpc) is 2.49. The standard InChI is InChI=1S/C10H12N2O3.C6H4Cl2/c1-6-7(9(11)13)4-3-5-8(6)12-10(14)15-2;7-5-2-1-3-6(8)4-5/h3-5H,1-2H3,(H2,11,13)(H,12,14);1-4H. The topological polar surface area (TPSA) is 81.4 Å². The third kappa shape index (κ3) is 6.18. The van der Waals surface area contributed by atoms with E-state index in [1.165, 1.54) is 7.11 Å². The summed E-state index contributed by atoms with van der Waals surface area (Å²) < 4.78 is 4.44. The van der Waals surface area contributed by atoms with Crippen molar-refractivity contribution in [3.05, 3.63) is 63.6 Å². The van der Waals surface area contributed by atoms with Gasteiger partial charge in [0.05, 0.1) is 7.11 Å². The predicted octanol–water partition coefficient (Wildman–Crippen LogP) is 4.27. The van der Waals surface area contributed by atoms with E-state index in [1.807, 2.05) is 6.07 Å². The number of primary amides is 1. The van der Waals surface area contributed by atoms with Crippen LogP contribution in [-0.4, -0.2) is 19.1 Å². The van der Waals surface area contributed by atoms with Crippen LogP contribution in [0.2, 0.25) is 10.0 Å². The van der Waals surface area contributed by atoms with Gasteiger partial charge in [0, 0.05) is 21.3 Å². The molecule has 0 aromatic heterocycles. The molecule has 7 heteroatoms. The molecule has 0 atom stereocenters. The summed E-state index contributed by atoms with van der Waals surface area (Å²) >= 11 is 11.1. The van der Waals surface area contributed by atoms with Crippen LogP contribution in [0.1, 0.15) is 15.9 Å². The molecule has 0 aliphatic rings. The molecule has 2 amide bonds. The molecule has 0 unspecified atom stereocenters. The molecule has 2 aromatic rings. The van der Waals surface area contributed by atoms with E-state index >= 15 is 0 Å². The van der Waals surface area contributed by atoms with Crippen molar-refractivity contribution in [3.63, 3.8) is 0 Å². The number of nitrogens with two attached hydrogens (primary N) is 1. The molecule has 0 aliphatic heterocycles. The second kappa shape index (κ2) is 9.02. The van der Waals surface area contributed by atoms with Crippen molar-refractivity contribution < 1.29 is 14.3 Å². The summed E-state index contributed by atoms with van der Waals surface area (Å²) in [6.07, 6.45) is -0.584. The van der Waals surface area contributed by atoms with Gasteiger partial charge in [-0.2, -0.15) is 0 Å². The number of ether oxygens (including phenoxy) is 1. The first kappa shape index (κ1) is 18.8. The Kier molecular flexibility index (Phi) is 7.38. The molecule has 0 saturated heterocycles. The zero-order chi connectivity index (χ0) is 17.4. The fourth-order valence-corrected chi connectivity index (χ4v) is 2.10. The number of carbonyl (C=O) groups is 2. The van der Waals surface area contributed by atoms with Gasteiger partial charge in [-0.3, -0.25) is 10.1 Å². The second-order valence-electron chi connectivity index (χ2n) is 4.40. The lowest BCUT2D eigenvalue weighted by Crippen LogP contribution is -2.16. The normalized spacial score (nSPS) is 9.39. The molecular weight excluding hydrogens is 339 g/mol. The van der Waals surface area contributed by atoms with Gasteiger partial charge in [0.2, 0.25) is 5.91 Å². The Bertz CT molecular complexity index is 688. The van der Waals surface area contributed by atoms with Gasteiger partial charge in [0.1, 0.15) is 0 Å². The third-order valence-corrected chi connectivity index (χ3v) is 3.28. The number of hydrogen-bond donors (Lipinski definition) is 2. The molecule has 0 spiro atoms. The van der Waals surface area contributed by atoms with Gasteiger partial charge in [-0.15, -0.1) is 0 Å². The lowest BCUT2D eigenvalue weighted by molar-refractivity contribution is 0.0999. The zero-order valence-corrected chi connectivity index (χ0v) is 14.1. The van der Waals surface area contributed by atoms with Crippen LogP contribution in [0.25, 0.3) is 0 Å². The summed E-state index contributed by atoms with van der Waals surface area (Å²) in [6.45, 7) is 1.70. The van der Waals surface area contributed by atoms with Gasteiger partial charge in [-0.1, -0.05) is 35.3 Å². The lowest BCUT2D eigenvalue weighted by atomic mass is 10.1. The highest BCUT2D eigenvalue weighted by molar-refractivity contribution is 6.34. The zero-order valence-electron chi connectivity index (χ0n) is 12.6. The molecule has 0 radical (unpaired) electrons. The number of halogens is 2. The fourth-order valence-electron chi connectivity index (χ4n) is 1.66. The van der Waals surface area contributed by atoms with Crippen molar-refractivity contribution in [2.24, 2.45) is 5.73 Å². The van der Waals surface area contributed by atoms with E-state index in [0.29, 0.717) is 26.9 Å². The van der Waals surface area contributed by atoms with Gasteiger partial charge in [-0.05, 0) is 42.8 Å². The lowest BCUT2D eigenvalue weighted by Gasteiger charge is -2.09. The highest BCUT2D eigenvalue weighted by Crippen LogP contribution is 2.18. The van der Waals surface area contributed by atoms with Crippen LogP contribution in [0.4, 0.5) is 10.5 Å². The maximum atomic E-state index is 11.0. The maximum absolute atomic E-state index is 11.0. The first-order chi connectivity index (χ1) is 10.8. The Morgan fingerprint density at radius 2 is 1.65 bits per heavy atom. The molecule has 3 N–H and O–H groups in total. The van der Waals surface area contributed by atoms with Gasteiger partial charge >= 0.3 is 6.09 Å². The number of rotatable bonds is 2. The maximum Gasteiger partial charge on any atom is 0.411 e. The summed E-state index contributed by atoms with van der Waals surface area (Å²) in [5.41, 5.74) is 6.68. The van der Waals surface area contributed by atoms with Crippen molar-refractivity contribution >= 4 is 40.9 Å². The largest absolute Gasteiger partial charge is 0.453 e. The number of methoxy groups -OCH3 is 1. The van der Waals surface area contributed by atoms with Gasteiger partial charge in [-0.25, -0.2) is 4.79 Å². The minimum atomic E-state index is -0.584. The van der Waals surface area contributed by atoms with E-state index in [4.69, 9.17) is 28.9 Å². The number of hydrogen-bond acceptors (Lipinski definition) is 3. The van der Waals surface area contributed by atoms with Crippen LogP contribution < -0.4 is 11.1 Å². The van der Waals surface area contributed by atoms with Crippen molar-refractivity contribution in [2.45, 2.75) is 6.92 Å². The van der Waals surface area contributed by atoms with Crippen LogP contribution in [0, 0.1) is 6.92 Å². The van der Waals surface area contributed by atoms with Crippen LogP contribution in [0.15, 0.2) is 42.5 Å². The Morgan fingerprint density at radius 1 is 1.09 bits per heavy atom. The average molecular weight is 355 g/mol. The first-order valence-electron chi connectivity index (χ1n) is 6.50. The van der Waals surface area contributed by atoms with Crippen LogP contribution in [0.3, 0.4) is 0 Å². The number of benzene rings is 2. The second-order valence-corrected chi connectivity index (χ2v) is 5.27. The molecule has 2 rings (SSSR count). The number of anilines is 1. The molecule has 0 saturated carbocycles. The minimum absolute atomic E-state index is 0.379. The minimum Gasteiger partial charge on any atom is -0.453 e. The number of nitrogens with one attached hydrogen (secondary N) is 1. The highest BCUT2D eigenvalue weighted by atomic mass is 35.5. The van der Waals surface area contributed by atoms with Crippen molar-refractivity contribution in [3.8, 4) is 0 Å². The summed E-state index contributed by atoms with van der Waals surface area (Å²) in [6, 6.07) is 12.0. The van der Waals surface area contributed by atoms with E-state index in [0.717, 1.165) is 0 Å². The van der Waals surface area contributed by atoms with E-state index in [2.05, 4.69) is 10.1 Å². The van der Waals surface area contributed by atoms with Gasteiger partial charge in [0.15, 0.2) is 0 Å². The summed E-state index contributed by atoms with van der Waals surface area (Å²) in [4.78, 5) is 22.0. The molecule has 5 nitrogen and oxygen atoms in total. The molecule has 0 aliphatic carbocycles. The molecule has 0 bridgehead atoms. The summed E-state index contributed by atoms with van der Waals surface area (Å²) in [5, 5.41) is 3.84. The Hall–Kier alpha value is -2.24. The van der Waals surface area contributed by atoms with Crippen molar-refractivity contribution in [1.82, 2.24) is 0 Å². The number of amides is 2. The smallest absolute Gasteiger partial charge is 0.411 e. The van der Waals surface area contributed by atoms with Crippen LogP contribution in [0.5, 0.6) is 0 Å². The molecule has 23 heavy (non-hydrogen) atoms. The van der Waals surface area contributed by atoms with E-state index < -0.39 is 12.0 Å². The highest BCUT2D eigenvalue weighted by Gasteiger charge is 2.10. The van der Waals surface area contributed by atoms with Gasteiger partial charge < -0.3 is 10.5 Å². The molecule has 0 fully saturated rings. The molecule has 0 heterocycles. The van der Waals surface area contributed by atoms with Crippen LogP contribution in [-0.2, 0) is 4.74 Å². The van der Waals surface area contributed by atoms with E-state index in [1.54, 1.807) is 43.3 Å². The summed E-state index contributed by atoms with van der Waals surface area (Å²) in [5.74, 6) is -0.527. The van der Waals surface area contributed by atoms with Gasteiger partial charge in [0.25, 0.3) is 0 Å². The van der Waals surface area contributed by atoms with Crippen LogP contribution >= 0.6 is 23.2 Å². The third-order valence-electron chi connectivity index (χ3n) is 2.81. The predicted molar refractivity (Wildman–Crippen MR) is 92.2 cm³/mol. The Morgan fingerprint density at radius 3 is 2.09 bits per heavy atom. The molecule has 2 aromatic carbocycles. The Balaban J connectivity index is 0.000000277. The molecular formula is C16H16Cl2N2O3. The van der Waals surface area contributed by atoms with Crippen molar-refractivity contribution in [2.75, 3.05) is 12.4 Å². The fraction of sp³-hybridized carbons (Fsp3) is 0.125. The molecule has 122 valence electrons. The first-order valence-corrected chi connectivity index (χ1v) is 7.26. The Labute approximate surface area is 144 Å². The van der Waals surface area contributed by atoms with Crippen molar-refractivity contribution in [1.29, 1.82) is 0 Å².